The van der Waals surface area contributed by atoms with Gasteiger partial charge in [0.25, 0.3) is 5.56 Å². The number of hydrogen-bond acceptors (Lipinski definition) is 7. The number of H-pyrrole nitrogens is 1. The van der Waals surface area contributed by atoms with E-state index in [2.05, 4.69) is 20.2 Å². The predicted molar refractivity (Wildman–Crippen MR) is 70.8 cm³/mol. The molecule has 3 N–H and O–H groups in total. The van der Waals surface area contributed by atoms with Gasteiger partial charge in [-0.2, -0.15) is 0 Å². The monoisotopic (exact) mass is 277 g/mol. The van der Waals surface area contributed by atoms with Gasteiger partial charge >= 0.3 is 0 Å². The molecule has 0 spiro atoms. The molecule has 0 saturated heterocycles. The SMILES string of the molecule is Nc1cc2c(=O)[nH]cnc2cc1Sc1nncs1. The molecule has 2 aromatic heterocycles. The third kappa shape index (κ3) is 1.95. The van der Waals surface area contributed by atoms with Crippen LogP contribution in [-0.4, -0.2) is 20.2 Å². The second kappa shape index (κ2) is 4.39. The highest BCUT2D eigenvalue weighted by Crippen LogP contribution is 2.34. The zero-order valence-electron chi connectivity index (χ0n) is 8.95. The molecule has 0 atom stereocenters. The van der Waals surface area contributed by atoms with Crippen molar-refractivity contribution in [3.63, 3.8) is 0 Å². The molecule has 8 heteroatoms. The van der Waals surface area contributed by atoms with E-state index in [0.717, 1.165) is 9.24 Å². The molecule has 3 rings (SSSR count). The number of aromatic nitrogens is 4. The average molecular weight is 277 g/mol. The number of benzene rings is 1. The molecule has 0 bridgehead atoms. The van der Waals surface area contributed by atoms with Gasteiger partial charge in [-0.15, -0.1) is 10.2 Å². The Labute approximate surface area is 109 Å². The summed E-state index contributed by atoms with van der Waals surface area (Å²) in [5.41, 5.74) is 8.53. The van der Waals surface area contributed by atoms with Crippen molar-refractivity contribution in [1.29, 1.82) is 0 Å². The lowest BCUT2D eigenvalue weighted by atomic mass is 10.2. The smallest absolute Gasteiger partial charge is 0.258 e. The van der Waals surface area contributed by atoms with Gasteiger partial charge in [0.05, 0.1) is 17.2 Å². The normalized spacial score (nSPS) is 10.9. The lowest BCUT2D eigenvalue weighted by molar-refractivity contribution is 1.01. The predicted octanol–water partition coefficient (Wildman–Crippen LogP) is 1.51. The Morgan fingerprint density at radius 1 is 1.39 bits per heavy atom. The molecular formula is C10H7N5OS2. The lowest BCUT2D eigenvalue weighted by Gasteiger charge is -2.04. The molecule has 18 heavy (non-hydrogen) atoms. The summed E-state index contributed by atoms with van der Waals surface area (Å²) in [5.74, 6) is 0. The van der Waals surface area contributed by atoms with Crippen LogP contribution in [0.4, 0.5) is 5.69 Å². The fraction of sp³-hybridized carbons (Fsp3) is 0. The highest BCUT2D eigenvalue weighted by Gasteiger charge is 2.08. The molecule has 0 saturated carbocycles. The number of hydrogen-bond donors (Lipinski definition) is 2. The number of rotatable bonds is 2. The molecule has 0 aliphatic rings. The minimum absolute atomic E-state index is 0.195. The van der Waals surface area contributed by atoms with Crippen LogP contribution in [0.15, 0.2) is 38.0 Å². The molecule has 6 nitrogen and oxygen atoms in total. The number of anilines is 1. The minimum Gasteiger partial charge on any atom is -0.398 e. The maximum Gasteiger partial charge on any atom is 0.258 e. The van der Waals surface area contributed by atoms with E-state index in [9.17, 15) is 4.79 Å². The first kappa shape index (κ1) is 11.2. The van der Waals surface area contributed by atoms with Gasteiger partial charge in [-0.25, -0.2) is 4.98 Å². The van der Waals surface area contributed by atoms with E-state index < -0.39 is 0 Å². The molecule has 1 aromatic carbocycles. The third-order valence-corrected chi connectivity index (χ3v) is 4.16. The van der Waals surface area contributed by atoms with Crippen molar-refractivity contribution in [1.82, 2.24) is 20.2 Å². The van der Waals surface area contributed by atoms with Crippen LogP contribution in [0, 0.1) is 0 Å². The summed E-state index contributed by atoms with van der Waals surface area (Å²) in [6.07, 6.45) is 1.38. The second-order valence-corrected chi connectivity index (χ2v) is 5.57. The van der Waals surface area contributed by atoms with Crippen LogP contribution in [0.3, 0.4) is 0 Å². The summed E-state index contributed by atoms with van der Waals surface area (Å²) in [5, 5.41) is 8.18. The number of aromatic amines is 1. The quantitative estimate of drug-likeness (QED) is 0.689. The lowest BCUT2D eigenvalue weighted by Crippen LogP contribution is -2.07. The standard InChI is InChI=1S/C10H7N5OS2/c11-6-1-5-7(12-3-13-9(5)16)2-8(6)18-10-15-14-4-17-10/h1-4H,11H2,(H,12,13,16). The van der Waals surface area contributed by atoms with E-state index in [1.54, 1.807) is 17.6 Å². The van der Waals surface area contributed by atoms with E-state index in [0.29, 0.717) is 16.6 Å². The van der Waals surface area contributed by atoms with E-state index in [1.807, 2.05) is 0 Å². The summed E-state index contributed by atoms with van der Waals surface area (Å²) < 4.78 is 0.797. The zero-order valence-corrected chi connectivity index (χ0v) is 10.6. The molecule has 0 unspecified atom stereocenters. The number of nitrogens with zero attached hydrogens (tertiary/aromatic N) is 3. The Morgan fingerprint density at radius 2 is 2.28 bits per heavy atom. The maximum absolute atomic E-state index is 11.6. The number of nitrogen functional groups attached to an aromatic ring is 1. The van der Waals surface area contributed by atoms with E-state index >= 15 is 0 Å². The molecule has 0 amide bonds. The molecule has 0 fully saturated rings. The summed E-state index contributed by atoms with van der Waals surface area (Å²) >= 11 is 2.84. The molecule has 0 aliphatic carbocycles. The first-order chi connectivity index (χ1) is 8.74. The van der Waals surface area contributed by atoms with Gasteiger partial charge in [-0.05, 0) is 12.1 Å². The molecule has 0 aliphatic heterocycles. The van der Waals surface area contributed by atoms with Gasteiger partial charge in [0, 0.05) is 10.6 Å². The Morgan fingerprint density at radius 3 is 3.06 bits per heavy atom. The van der Waals surface area contributed by atoms with Gasteiger partial charge in [0.15, 0.2) is 4.34 Å². The van der Waals surface area contributed by atoms with Gasteiger partial charge < -0.3 is 10.7 Å². The van der Waals surface area contributed by atoms with E-state index in [4.69, 9.17) is 5.73 Å². The summed E-state index contributed by atoms with van der Waals surface area (Å²) in [6.45, 7) is 0. The first-order valence-corrected chi connectivity index (χ1v) is 6.64. The number of nitrogens with one attached hydrogen (secondary N) is 1. The van der Waals surface area contributed by atoms with Gasteiger partial charge in [-0.1, -0.05) is 23.1 Å². The Kier molecular flexibility index (Phi) is 2.73. The Balaban J connectivity index is 2.13. The van der Waals surface area contributed by atoms with Crippen LogP contribution < -0.4 is 11.3 Å². The van der Waals surface area contributed by atoms with Crippen molar-refractivity contribution >= 4 is 39.7 Å². The topological polar surface area (TPSA) is 97.6 Å². The molecule has 2 heterocycles. The van der Waals surface area contributed by atoms with Gasteiger partial charge in [-0.3, -0.25) is 4.79 Å². The molecule has 0 radical (unpaired) electrons. The fourth-order valence-corrected chi connectivity index (χ4v) is 3.00. The van der Waals surface area contributed by atoms with Crippen molar-refractivity contribution in [3.8, 4) is 0 Å². The summed E-state index contributed by atoms with van der Waals surface area (Å²) in [4.78, 5) is 19.0. The summed E-state index contributed by atoms with van der Waals surface area (Å²) in [6, 6.07) is 3.41. The third-order valence-electron chi connectivity index (χ3n) is 2.31. The van der Waals surface area contributed by atoms with Crippen molar-refractivity contribution in [2.45, 2.75) is 9.24 Å². The Bertz CT molecular complexity index is 753. The second-order valence-electron chi connectivity index (χ2n) is 3.45. The van der Waals surface area contributed by atoms with Crippen LogP contribution in [0.2, 0.25) is 0 Å². The molecule has 3 aromatic rings. The average Bonchev–Trinajstić information content (AvgIpc) is 2.84. The largest absolute Gasteiger partial charge is 0.398 e. The van der Waals surface area contributed by atoms with Gasteiger partial charge in [0.2, 0.25) is 0 Å². The van der Waals surface area contributed by atoms with Crippen LogP contribution in [-0.2, 0) is 0 Å². The number of fused-ring (bicyclic) bond motifs is 1. The first-order valence-electron chi connectivity index (χ1n) is 4.95. The van der Waals surface area contributed by atoms with Crippen LogP contribution >= 0.6 is 23.1 Å². The van der Waals surface area contributed by atoms with Crippen LogP contribution in [0.5, 0.6) is 0 Å². The number of nitrogens with two attached hydrogens (primary N) is 1. The minimum atomic E-state index is -0.195. The van der Waals surface area contributed by atoms with Crippen molar-refractivity contribution < 1.29 is 0 Å². The van der Waals surface area contributed by atoms with Crippen molar-refractivity contribution in [2.75, 3.05) is 5.73 Å². The summed E-state index contributed by atoms with van der Waals surface area (Å²) in [7, 11) is 0. The maximum atomic E-state index is 11.6. The molecule has 90 valence electrons. The Hall–Kier alpha value is -1.93. The van der Waals surface area contributed by atoms with E-state index in [-0.39, 0.29) is 5.56 Å². The van der Waals surface area contributed by atoms with Crippen LogP contribution in [0.1, 0.15) is 0 Å². The van der Waals surface area contributed by atoms with Crippen molar-refractivity contribution in [3.05, 3.63) is 34.3 Å². The van der Waals surface area contributed by atoms with Gasteiger partial charge in [0.1, 0.15) is 5.51 Å². The fourth-order valence-electron chi connectivity index (χ4n) is 1.50. The molecular weight excluding hydrogens is 270 g/mol. The highest BCUT2D eigenvalue weighted by atomic mass is 32.2. The van der Waals surface area contributed by atoms with Crippen molar-refractivity contribution in [2.24, 2.45) is 0 Å². The highest BCUT2D eigenvalue weighted by molar-refractivity contribution is 8.01. The van der Waals surface area contributed by atoms with E-state index in [1.165, 1.54) is 29.4 Å². The zero-order chi connectivity index (χ0) is 12.5. The van der Waals surface area contributed by atoms with Crippen LogP contribution in [0.25, 0.3) is 10.9 Å².